The van der Waals surface area contributed by atoms with E-state index in [-0.39, 0.29) is 0 Å². The maximum absolute atomic E-state index is 12.0. The minimum absolute atomic E-state index is 0.513. The van der Waals surface area contributed by atoms with Gasteiger partial charge in [0, 0.05) is 21.8 Å². The predicted octanol–water partition coefficient (Wildman–Crippen LogP) is 2.70. The molecule has 1 unspecified atom stereocenters. The van der Waals surface area contributed by atoms with Crippen LogP contribution >= 0.6 is 0 Å². The van der Waals surface area contributed by atoms with Gasteiger partial charge in [0.1, 0.15) is 0 Å². The van der Waals surface area contributed by atoms with Crippen LogP contribution in [0.2, 0.25) is 0 Å². The van der Waals surface area contributed by atoms with Crippen LogP contribution in [0, 0.1) is 5.92 Å². The van der Waals surface area contributed by atoms with Crippen molar-refractivity contribution in [1.29, 1.82) is 0 Å². The van der Waals surface area contributed by atoms with E-state index in [4.69, 9.17) is 0 Å². The summed E-state index contributed by atoms with van der Waals surface area (Å²) < 4.78 is 12.0. The van der Waals surface area contributed by atoms with Crippen molar-refractivity contribution in [2.24, 2.45) is 5.92 Å². The molecule has 0 spiro atoms. The van der Waals surface area contributed by atoms with E-state index < -0.39 is 10.8 Å². The molecule has 16 heavy (non-hydrogen) atoms. The number of rotatable bonds is 7. The molecule has 3 heteroatoms. The van der Waals surface area contributed by atoms with Gasteiger partial charge in [-0.1, -0.05) is 33.1 Å². The molecule has 0 saturated heterocycles. The first-order valence-electron chi connectivity index (χ1n) is 6.78. The van der Waals surface area contributed by atoms with Gasteiger partial charge in [-0.25, -0.2) is 0 Å². The van der Waals surface area contributed by atoms with E-state index >= 15 is 0 Å². The van der Waals surface area contributed by atoms with Crippen molar-refractivity contribution in [3.8, 4) is 0 Å². The van der Waals surface area contributed by atoms with Crippen LogP contribution in [0.3, 0.4) is 0 Å². The summed E-state index contributed by atoms with van der Waals surface area (Å²) in [6.07, 6.45) is 7.40. The Labute approximate surface area is 103 Å². The second-order valence-corrected chi connectivity index (χ2v) is 7.13. The Hall–Kier alpha value is 0.110. The second-order valence-electron chi connectivity index (χ2n) is 5.30. The van der Waals surface area contributed by atoms with Crippen molar-refractivity contribution in [3.63, 3.8) is 0 Å². The molecule has 2 nitrogen and oxygen atoms in total. The topological polar surface area (TPSA) is 29.1 Å². The van der Waals surface area contributed by atoms with E-state index in [1.165, 1.54) is 32.1 Å². The fourth-order valence-electron chi connectivity index (χ4n) is 2.22. The van der Waals surface area contributed by atoms with Crippen molar-refractivity contribution in [1.82, 2.24) is 5.32 Å². The quantitative estimate of drug-likeness (QED) is 0.699. The summed E-state index contributed by atoms with van der Waals surface area (Å²) in [6, 6.07) is 0. The lowest BCUT2D eigenvalue weighted by Crippen LogP contribution is -2.25. The molecule has 0 aromatic carbocycles. The van der Waals surface area contributed by atoms with Crippen LogP contribution in [0.15, 0.2) is 0 Å². The maximum Gasteiger partial charge on any atom is 0.0348 e. The van der Waals surface area contributed by atoms with Crippen LogP contribution in [-0.4, -0.2) is 28.3 Å². The molecule has 0 aromatic rings. The number of hydrogen-bond acceptors (Lipinski definition) is 2. The molecule has 1 saturated carbocycles. The molecule has 1 aliphatic rings. The van der Waals surface area contributed by atoms with Gasteiger partial charge in [0.05, 0.1) is 0 Å². The molecular weight excluding hydrogens is 218 g/mol. The van der Waals surface area contributed by atoms with Gasteiger partial charge in [-0.3, -0.25) is 4.21 Å². The molecule has 96 valence electrons. The lowest BCUT2D eigenvalue weighted by molar-refractivity contribution is 0.503. The zero-order valence-electron chi connectivity index (χ0n) is 10.8. The second kappa shape index (κ2) is 8.24. The molecule has 0 bridgehead atoms. The molecule has 1 atom stereocenters. The van der Waals surface area contributed by atoms with Crippen molar-refractivity contribution in [2.75, 3.05) is 18.8 Å². The molecule has 1 N–H and O–H groups in total. The van der Waals surface area contributed by atoms with Crippen molar-refractivity contribution in [3.05, 3.63) is 0 Å². The van der Waals surface area contributed by atoms with E-state index in [0.29, 0.717) is 11.2 Å². The van der Waals surface area contributed by atoms with Crippen molar-refractivity contribution in [2.45, 2.75) is 57.6 Å². The summed E-state index contributed by atoms with van der Waals surface area (Å²) in [5, 5.41) is 3.92. The van der Waals surface area contributed by atoms with Gasteiger partial charge in [-0.05, 0) is 38.3 Å². The molecule has 0 heterocycles. The minimum atomic E-state index is -0.561. The summed E-state index contributed by atoms with van der Waals surface area (Å²) in [4.78, 5) is 0. The smallest absolute Gasteiger partial charge is 0.0348 e. The van der Waals surface area contributed by atoms with Crippen LogP contribution in [0.25, 0.3) is 0 Å². The third kappa shape index (κ3) is 6.00. The van der Waals surface area contributed by atoms with Crippen LogP contribution in [0.4, 0.5) is 0 Å². The third-order valence-electron chi connectivity index (χ3n) is 3.18. The summed E-state index contributed by atoms with van der Waals surface area (Å²) in [5.41, 5.74) is 0. The Morgan fingerprint density at radius 3 is 2.56 bits per heavy atom. The van der Waals surface area contributed by atoms with Crippen LogP contribution < -0.4 is 5.32 Å². The standard InChI is InChI=1S/C13H27NOS/c1-12(2)11-14-9-6-10-16(15)13-7-4-3-5-8-13/h12-14H,3-11H2,1-2H3. The molecule has 0 aromatic heterocycles. The highest BCUT2D eigenvalue weighted by molar-refractivity contribution is 7.85. The number of nitrogens with one attached hydrogen (secondary N) is 1. The SMILES string of the molecule is CC(C)CNCCCS(=O)C1CCCCC1. The molecule has 1 fully saturated rings. The van der Waals surface area contributed by atoms with E-state index in [2.05, 4.69) is 19.2 Å². The van der Waals surface area contributed by atoms with Crippen molar-refractivity contribution < 1.29 is 4.21 Å². The fraction of sp³-hybridized carbons (Fsp3) is 1.00. The Kier molecular flexibility index (Phi) is 7.30. The summed E-state index contributed by atoms with van der Waals surface area (Å²) in [7, 11) is -0.561. The molecular formula is C13H27NOS. The van der Waals surface area contributed by atoms with Crippen LogP contribution in [0.1, 0.15) is 52.4 Å². The summed E-state index contributed by atoms with van der Waals surface area (Å²) in [6.45, 7) is 6.53. The lowest BCUT2D eigenvalue weighted by Gasteiger charge is -2.20. The largest absolute Gasteiger partial charge is 0.316 e. The Morgan fingerprint density at radius 1 is 1.25 bits per heavy atom. The van der Waals surface area contributed by atoms with Gasteiger partial charge in [0.25, 0.3) is 0 Å². The van der Waals surface area contributed by atoms with E-state index in [9.17, 15) is 4.21 Å². The summed E-state index contributed by atoms with van der Waals surface area (Å²) in [5.74, 6) is 1.61. The molecule has 0 radical (unpaired) electrons. The number of hydrogen-bond donors (Lipinski definition) is 1. The van der Waals surface area contributed by atoms with Gasteiger partial charge in [0.15, 0.2) is 0 Å². The molecule has 1 aliphatic carbocycles. The monoisotopic (exact) mass is 245 g/mol. The van der Waals surface area contributed by atoms with Gasteiger partial charge >= 0.3 is 0 Å². The highest BCUT2D eigenvalue weighted by atomic mass is 32.2. The van der Waals surface area contributed by atoms with E-state index in [1.54, 1.807) is 0 Å². The first kappa shape index (κ1) is 14.2. The maximum atomic E-state index is 12.0. The van der Waals surface area contributed by atoms with Gasteiger partial charge < -0.3 is 5.32 Å². The predicted molar refractivity (Wildman–Crippen MR) is 72.2 cm³/mol. The Morgan fingerprint density at radius 2 is 1.94 bits per heavy atom. The van der Waals surface area contributed by atoms with Crippen molar-refractivity contribution >= 4 is 10.8 Å². The molecule has 1 rings (SSSR count). The average molecular weight is 245 g/mol. The zero-order chi connectivity index (χ0) is 11.8. The highest BCUT2D eigenvalue weighted by Crippen LogP contribution is 2.22. The lowest BCUT2D eigenvalue weighted by atomic mass is 10.0. The minimum Gasteiger partial charge on any atom is -0.316 e. The Bertz CT molecular complexity index is 200. The van der Waals surface area contributed by atoms with E-state index in [0.717, 1.165) is 25.3 Å². The first-order chi connectivity index (χ1) is 7.70. The normalized spacial score (nSPS) is 20.2. The van der Waals surface area contributed by atoms with Crippen LogP contribution in [-0.2, 0) is 10.8 Å². The zero-order valence-corrected chi connectivity index (χ0v) is 11.7. The molecule has 0 amide bonds. The fourth-order valence-corrected chi connectivity index (χ4v) is 3.85. The molecule has 0 aliphatic heterocycles. The summed E-state index contributed by atoms with van der Waals surface area (Å²) >= 11 is 0. The van der Waals surface area contributed by atoms with Gasteiger partial charge in [-0.15, -0.1) is 0 Å². The van der Waals surface area contributed by atoms with E-state index in [1.807, 2.05) is 0 Å². The van der Waals surface area contributed by atoms with Gasteiger partial charge in [-0.2, -0.15) is 0 Å². The van der Waals surface area contributed by atoms with Crippen LogP contribution in [0.5, 0.6) is 0 Å². The highest BCUT2D eigenvalue weighted by Gasteiger charge is 2.18. The Balaban J connectivity index is 2.01. The van der Waals surface area contributed by atoms with Gasteiger partial charge in [0.2, 0.25) is 0 Å². The average Bonchev–Trinajstić information content (AvgIpc) is 2.29. The first-order valence-corrected chi connectivity index (χ1v) is 8.16. The third-order valence-corrected chi connectivity index (χ3v) is 5.08.